The highest BCUT2D eigenvalue weighted by Crippen LogP contribution is 2.28. The quantitative estimate of drug-likeness (QED) is 0.554. The molecule has 0 amide bonds. The van der Waals surface area contributed by atoms with E-state index >= 15 is 0 Å². The Morgan fingerprint density at radius 3 is 2.56 bits per heavy atom. The summed E-state index contributed by atoms with van der Waals surface area (Å²) >= 11 is -1.14. The van der Waals surface area contributed by atoms with Crippen molar-refractivity contribution in [2.75, 3.05) is 6.61 Å². The molecule has 0 aromatic rings. The second-order valence-electron chi connectivity index (χ2n) is 5.98. The first-order valence-corrected chi connectivity index (χ1v) is 6.91. The highest BCUT2D eigenvalue weighted by atomic mass is 32.2. The van der Waals surface area contributed by atoms with Crippen LogP contribution in [0.2, 0.25) is 0 Å². The SMILES string of the molecule is CC1(C)CC(/C=N/[S@+]([O-])C(C)(C)C)CCO1. The molecule has 94 valence electrons. The largest absolute Gasteiger partial charge is 0.591 e. The molecule has 2 atom stereocenters. The Hall–Kier alpha value is -0.0600. The van der Waals surface area contributed by atoms with E-state index in [4.69, 9.17) is 4.74 Å². The van der Waals surface area contributed by atoms with Crippen LogP contribution in [0.1, 0.15) is 47.5 Å². The van der Waals surface area contributed by atoms with Crippen molar-refractivity contribution < 1.29 is 9.29 Å². The summed E-state index contributed by atoms with van der Waals surface area (Å²) in [6, 6.07) is 0. The summed E-state index contributed by atoms with van der Waals surface area (Å²) in [4.78, 5) is 0. The second kappa shape index (κ2) is 5.07. The van der Waals surface area contributed by atoms with Crippen molar-refractivity contribution in [1.29, 1.82) is 0 Å². The van der Waals surface area contributed by atoms with Gasteiger partial charge >= 0.3 is 0 Å². The average Bonchev–Trinajstić information content (AvgIpc) is 2.11. The maximum atomic E-state index is 11.8. The smallest absolute Gasteiger partial charge is 0.144 e. The molecule has 1 unspecified atom stereocenters. The van der Waals surface area contributed by atoms with E-state index in [0.717, 1.165) is 19.4 Å². The number of ether oxygens (including phenoxy) is 1. The maximum Gasteiger partial charge on any atom is 0.144 e. The van der Waals surface area contributed by atoms with Gasteiger partial charge in [-0.15, -0.1) is 0 Å². The first-order chi connectivity index (χ1) is 7.21. The molecule has 0 aliphatic carbocycles. The molecule has 1 aliphatic heterocycles. The minimum absolute atomic E-state index is 0.0713. The molecule has 1 aliphatic rings. The van der Waals surface area contributed by atoms with Gasteiger partial charge in [0.2, 0.25) is 0 Å². The molecule has 1 rings (SSSR count). The van der Waals surface area contributed by atoms with Crippen molar-refractivity contribution in [2.45, 2.75) is 57.8 Å². The van der Waals surface area contributed by atoms with Crippen molar-refractivity contribution in [1.82, 2.24) is 0 Å². The van der Waals surface area contributed by atoms with E-state index in [0.29, 0.717) is 5.92 Å². The van der Waals surface area contributed by atoms with Crippen LogP contribution in [0.5, 0.6) is 0 Å². The van der Waals surface area contributed by atoms with Gasteiger partial charge in [0.15, 0.2) is 0 Å². The lowest BCUT2D eigenvalue weighted by molar-refractivity contribution is -0.0608. The highest BCUT2D eigenvalue weighted by molar-refractivity contribution is 7.91. The van der Waals surface area contributed by atoms with Crippen molar-refractivity contribution >= 4 is 17.6 Å². The fraction of sp³-hybridized carbons (Fsp3) is 0.917. The van der Waals surface area contributed by atoms with E-state index in [-0.39, 0.29) is 10.3 Å². The van der Waals surface area contributed by atoms with Gasteiger partial charge in [-0.05, 0) is 47.5 Å². The fourth-order valence-electron chi connectivity index (χ4n) is 1.71. The number of nitrogens with zero attached hydrogens (tertiary/aromatic N) is 1. The third-order valence-electron chi connectivity index (χ3n) is 2.63. The lowest BCUT2D eigenvalue weighted by atomic mass is 9.89. The Kier molecular flexibility index (Phi) is 4.43. The summed E-state index contributed by atoms with van der Waals surface area (Å²) in [7, 11) is 0. The van der Waals surface area contributed by atoms with Crippen molar-refractivity contribution in [3.05, 3.63) is 0 Å². The van der Waals surface area contributed by atoms with Gasteiger partial charge in [0, 0.05) is 12.5 Å². The van der Waals surface area contributed by atoms with Crippen LogP contribution in [0.4, 0.5) is 0 Å². The molecule has 0 spiro atoms. The Bertz CT molecular complexity index is 258. The Balaban J connectivity index is 2.51. The number of hydrogen-bond acceptors (Lipinski definition) is 3. The van der Waals surface area contributed by atoms with Gasteiger partial charge < -0.3 is 9.29 Å². The van der Waals surface area contributed by atoms with E-state index in [1.165, 1.54) is 0 Å². The summed E-state index contributed by atoms with van der Waals surface area (Å²) in [6.45, 7) is 10.8. The average molecular weight is 245 g/mol. The molecule has 0 N–H and O–H groups in total. The van der Waals surface area contributed by atoms with Gasteiger partial charge in [-0.2, -0.15) is 0 Å². The van der Waals surface area contributed by atoms with Crippen LogP contribution in [-0.4, -0.2) is 27.7 Å². The zero-order valence-electron chi connectivity index (χ0n) is 10.9. The lowest BCUT2D eigenvalue weighted by Crippen LogP contribution is -2.35. The van der Waals surface area contributed by atoms with Crippen LogP contribution in [0.25, 0.3) is 0 Å². The van der Waals surface area contributed by atoms with Gasteiger partial charge in [-0.1, -0.05) is 4.40 Å². The first-order valence-electron chi connectivity index (χ1n) is 5.81. The summed E-state index contributed by atoms with van der Waals surface area (Å²) < 4.78 is 21.3. The molecule has 1 heterocycles. The molecule has 1 fully saturated rings. The Morgan fingerprint density at radius 1 is 1.44 bits per heavy atom. The Morgan fingerprint density at radius 2 is 2.06 bits per heavy atom. The molecule has 0 saturated carbocycles. The van der Waals surface area contributed by atoms with Gasteiger partial charge in [0.05, 0.1) is 11.8 Å². The minimum atomic E-state index is -1.14. The van der Waals surface area contributed by atoms with Gasteiger partial charge in [0.25, 0.3) is 0 Å². The van der Waals surface area contributed by atoms with Crippen molar-refractivity contribution in [3.8, 4) is 0 Å². The zero-order chi connectivity index (χ0) is 12.4. The normalized spacial score (nSPS) is 28.2. The second-order valence-corrected chi connectivity index (χ2v) is 7.91. The van der Waals surface area contributed by atoms with Gasteiger partial charge in [-0.3, -0.25) is 0 Å². The lowest BCUT2D eigenvalue weighted by Gasteiger charge is -2.33. The van der Waals surface area contributed by atoms with Crippen LogP contribution in [0.15, 0.2) is 4.40 Å². The van der Waals surface area contributed by atoms with Crippen LogP contribution in [0.3, 0.4) is 0 Å². The van der Waals surface area contributed by atoms with E-state index < -0.39 is 11.4 Å². The zero-order valence-corrected chi connectivity index (χ0v) is 11.8. The third kappa shape index (κ3) is 4.44. The maximum absolute atomic E-state index is 11.8. The first kappa shape index (κ1) is 14.0. The summed E-state index contributed by atoms with van der Waals surface area (Å²) in [6.07, 6.45) is 3.80. The van der Waals surface area contributed by atoms with Crippen LogP contribution in [0, 0.1) is 5.92 Å². The molecule has 1 saturated heterocycles. The third-order valence-corrected chi connectivity index (χ3v) is 3.99. The molecule has 16 heavy (non-hydrogen) atoms. The van der Waals surface area contributed by atoms with Crippen molar-refractivity contribution in [2.24, 2.45) is 10.3 Å². The van der Waals surface area contributed by atoms with E-state index in [1.54, 1.807) is 0 Å². The van der Waals surface area contributed by atoms with Gasteiger partial charge in [-0.25, -0.2) is 0 Å². The fourth-order valence-corrected chi connectivity index (χ4v) is 2.30. The van der Waals surface area contributed by atoms with Crippen molar-refractivity contribution in [3.63, 3.8) is 0 Å². The minimum Gasteiger partial charge on any atom is -0.591 e. The van der Waals surface area contributed by atoms with Crippen LogP contribution >= 0.6 is 0 Å². The highest BCUT2D eigenvalue weighted by Gasteiger charge is 2.30. The van der Waals surface area contributed by atoms with Gasteiger partial charge in [0.1, 0.15) is 16.1 Å². The van der Waals surface area contributed by atoms with E-state index in [2.05, 4.69) is 18.2 Å². The summed E-state index contributed by atoms with van der Waals surface area (Å²) in [5, 5.41) is 0. The topological polar surface area (TPSA) is 44.7 Å². The Labute approximate surface area is 102 Å². The standard InChI is InChI=1S/C12H23NO2S/c1-11(2,3)16(14)13-9-10-6-7-15-12(4,5)8-10/h9-10H,6-8H2,1-5H3/b13-9+/t10?,16-/m1/s1. The number of hydrogen-bond donors (Lipinski definition) is 0. The molecule has 0 aromatic heterocycles. The molecule has 0 bridgehead atoms. The molecular weight excluding hydrogens is 222 g/mol. The van der Waals surface area contributed by atoms with E-state index in [1.807, 2.05) is 27.0 Å². The molecular formula is C12H23NO2S. The predicted molar refractivity (Wildman–Crippen MR) is 69.1 cm³/mol. The molecule has 3 nitrogen and oxygen atoms in total. The summed E-state index contributed by atoms with van der Waals surface area (Å²) in [5.74, 6) is 0.398. The molecule has 0 aromatic carbocycles. The predicted octanol–water partition coefficient (Wildman–Crippen LogP) is 2.72. The monoisotopic (exact) mass is 245 g/mol. The molecule has 0 radical (unpaired) electrons. The molecule has 4 heteroatoms. The van der Waals surface area contributed by atoms with Crippen LogP contribution in [-0.2, 0) is 16.1 Å². The van der Waals surface area contributed by atoms with Crippen LogP contribution < -0.4 is 0 Å². The summed E-state index contributed by atoms with van der Waals surface area (Å²) in [5.41, 5.74) is -0.0713. The van der Waals surface area contributed by atoms with E-state index in [9.17, 15) is 4.55 Å². The number of rotatable bonds is 2.